The summed E-state index contributed by atoms with van der Waals surface area (Å²) >= 11 is 0. The molecule has 0 aromatic heterocycles. The fourth-order valence-electron chi connectivity index (χ4n) is 3.28. The first kappa shape index (κ1) is 14.6. The lowest BCUT2D eigenvalue weighted by Crippen LogP contribution is -2.16. The van der Waals surface area contributed by atoms with E-state index in [0.29, 0.717) is 0 Å². The van der Waals surface area contributed by atoms with Gasteiger partial charge in [-0.1, -0.05) is 57.6 Å². The van der Waals surface area contributed by atoms with Crippen LogP contribution in [0.25, 0.3) is 0 Å². The molecule has 0 saturated carbocycles. The Morgan fingerprint density at radius 1 is 1.16 bits per heavy atom. The highest BCUT2D eigenvalue weighted by molar-refractivity contribution is 5.35. The summed E-state index contributed by atoms with van der Waals surface area (Å²) in [5, 5.41) is 0. The van der Waals surface area contributed by atoms with Gasteiger partial charge in [0.1, 0.15) is 5.82 Å². The van der Waals surface area contributed by atoms with Crippen LogP contribution in [-0.2, 0) is 12.8 Å². The second kappa shape index (κ2) is 7.07. The Morgan fingerprint density at radius 2 is 1.95 bits per heavy atom. The molecule has 0 fully saturated rings. The van der Waals surface area contributed by atoms with Crippen LogP contribution >= 0.6 is 0 Å². The molecule has 0 nitrogen and oxygen atoms in total. The van der Waals surface area contributed by atoms with Crippen LogP contribution in [0.15, 0.2) is 12.1 Å². The van der Waals surface area contributed by atoms with E-state index in [2.05, 4.69) is 13.0 Å². The van der Waals surface area contributed by atoms with E-state index in [1.807, 2.05) is 13.0 Å². The third-order valence-corrected chi connectivity index (χ3v) is 4.56. The van der Waals surface area contributed by atoms with Gasteiger partial charge in [-0.3, -0.25) is 0 Å². The molecule has 1 aliphatic carbocycles. The summed E-state index contributed by atoms with van der Waals surface area (Å²) in [7, 11) is 0. The first-order chi connectivity index (χ1) is 9.22. The molecule has 0 heterocycles. The van der Waals surface area contributed by atoms with Crippen molar-refractivity contribution in [1.29, 1.82) is 0 Å². The van der Waals surface area contributed by atoms with E-state index in [0.717, 1.165) is 29.9 Å². The summed E-state index contributed by atoms with van der Waals surface area (Å²) in [6.07, 6.45) is 11.4. The topological polar surface area (TPSA) is 0 Å². The van der Waals surface area contributed by atoms with E-state index in [9.17, 15) is 4.39 Å². The van der Waals surface area contributed by atoms with Crippen LogP contribution < -0.4 is 0 Å². The van der Waals surface area contributed by atoms with Gasteiger partial charge in [0.25, 0.3) is 0 Å². The van der Waals surface area contributed by atoms with Crippen LogP contribution in [0.2, 0.25) is 0 Å². The van der Waals surface area contributed by atoms with Crippen molar-refractivity contribution in [3.05, 3.63) is 34.6 Å². The van der Waals surface area contributed by atoms with Gasteiger partial charge in [-0.15, -0.1) is 0 Å². The molecule has 2 rings (SSSR count). The number of aryl methyl sites for hydroxylation is 1. The lowest BCUT2D eigenvalue weighted by molar-refractivity contribution is 0.398. The van der Waals surface area contributed by atoms with Crippen molar-refractivity contribution in [2.75, 3.05) is 0 Å². The fraction of sp³-hybridized carbons (Fsp3) is 0.667. The van der Waals surface area contributed by atoms with E-state index in [1.165, 1.54) is 50.5 Å². The van der Waals surface area contributed by atoms with Crippen molar-refractivity contribution in [1.82, 2.24) is 0 Å². The number of unbranched alkanes of at least 4 members (excludes halogenated alkanes) is 4. The zero-order chi connectivity index (χ0) is 13.7. The standard InChI is InChI=1S/C18H27F/c1-3-4-5-6-7-8-15-10-12-17-16(13-15)11-9-14(2)18(17)19/h9,11,15H,3-8,10,12-13H2,1-2H3. The molecule has 1 heteroatoms. The van der Waals surface area contributed by atoms with Crippen molar-refractivity contribution in [2.45, 2.75) is 71.6 Å². The van der Waals surface area contributed by atoms with Crippen LogP contribution in [0, 0.1) is 18.7 Å². The van der Waals surface area contributed by atoms with Crippen LogP contribution in [0.3, 0.4) is 0 Å². The summed E-state index contributed by atoms with van der Waals surface area (Å²) in [6.45, 7) is 4.13. The molecule has 0 aliphatic heterocycles. The van der Waals surface area contributed by atoms with E-state index < -0.39 is 0 Å². The molecule has 19 heavy (non-hydrogen) atoms. The molecule has 1 aromatic carbocycles. The predicted octanol–water partition coefficient (Wildman–Crippen LogP) is 5.60. The largest absolute Gasteiger partial charge is 0.206 e. The van der Waals surface area contributed by atoms with Crippen molar-refractivity contribution in [3.8, 4) is 0 Å². The van der Waals surface area contributed by atoms with E-state index >= 15 is 0 Å². The average Bonchev–Trinajstić information content (AvgIpc) is 2.43. The van der Waals surface area contributed by atoms with Crippen LogP contribution in [0.1, 0.15) is 68.6 Å². The second-order valence-electron chi connectivity index (χ2n) is 6.15. The molecule has 0 amide bonds. The van der Waals surface area contributed by atoms with Gasteiger partial charge in [0, 0.05) is 0 Å². The number of fused-ring (bicyclic) bond motifs is 1. The summed E-state index contributed by atoms with van der Waals surface area (Å²) in [5.41, 5.74) is 3.08. The highest BCUT2D eigenvalue weighted by Gasteiger charge is 2.21. The summed E-state index contributed by atoms with van der Waals surface area (Å²) < 4.78 is 14.0. The van der Waals surface area contributed by atoms with Crippen LogP contribution in [0.5, 0.6) is 0 Å². The zero-order valence-corrected chi connectivity index (χ0v) is 12.5. The Hall–Kier alpha value is -0.850. The maximum Gasteiger partial charge on any atom is 0.129 e. The molecule has 106 valence electrons. The van der Waals surface area contributed by atoms with E-state index in [1.54, 1.807) is 0 Å². The Kier molecular flexibility index (Phi) is 5.42. The predicted molar refractivity (Wildman–Crippen MR) is 80.0 cm³/mol. The highest BCUT2D eigenvalue weighted by atomic mass is 19.1. The molecule has 1 unspecified atom stereocenters. The third-order valence-electron chi connectivity index (χ3n) is 4.56. The minimum atomic E-state index is 0.0545. The Labute approximate surface area is 117 Å². The first-order valence-corrected chi connectivity index (χ1v) is 7.99. The molecule has 0 spiro atoms. The van der Waals surface area contributed by atoms with Crippen molar-refractivity contribution < 1.29 is 4.39 Å². The van der Waals surface area contributed by atoms with Crippen molar-refractivity contribution in [3.63, 3.8) is 0 Å². The average molecular weight is 262 g/mol. The second-order valence-corrected chi connectivity index (χ2v) is 6.15. The van der Waals surface area contributed by atoms with Gasteiger partial charge < -0.3 is 0 Å². The van der Waals surface area contributed by atoms with Gasteiger partial charge in [0.2, 0.25) is 0 Å². The Morgan fingerprint density at radius 3 is 2.74 bits per heavy atom. The molecular weight excluding hydrogens is 235 g/mol. The number of benzene rings is 1. The number of hydrogen-bond acceptors (Lipinski definition) is 0. The summed E-state index contributed by atoms with van der Waals surface area (Å²) in [6, 6.07) is 4.09. The van der Waals surface area contributed by atoms with Gasteiger partial charge in [-0.25, -0.2) is 4.39 Å². The quantitative estimate of drug-likeness (QED) is 0.585. The molecule has 0 bridgehead atoms. The minimum Gasteiger partial charge on any atom is -0.206 e. The van der Waals surface area contributed by atoms with Crippen LogP contribution in [-0.4, -0.2) is 0 Å². The molecule has 0 N–H and O–H groups in total. The number of rotatable bonds is 6. The van der Waals surface area contributed by atoms with Crippen LogP contribution in [0.4, 0.5) is 4.39 Å². The van der Waals surface area contributed by atoms with Crippen molar-refractivity contribution in [2.24, 2.45) is 5.92 Å². The molecule has 1 aliphatic rings. The van der Waals surface area contributed by atoms with E-state index in [-0.39, 0.29) is 5.82 Å². The Bertz CT molecular complexity index is 408. The molecule has 1 aromatic rings. The zero-order valence-electron chi connectivity index (χ0n) is 12.5. The maximum absolute atomic E-state index is 14.0. The van der Waals surface area contributed by atoms with Gasteiger partial charge >= 0.3 is 0 Å². The highest BCUT2D eigenvalue weighted by Crippen LogP contribution is 2.31. The van der Waals surface area contributed by atoms with Gasteiger partial charge in [0.05, 0.1) is 0 Å². The first-order valence-electron chi connectivity index (χ1n) is 7.99. The Balaban J connectivity index is 1.83. The SMILES string of the molecule is CCCCCCCC1CCc2c(ccc(C)c2F)C1. The monoisotopic (exact) mass is 262 g/mol. The summed E-state index contributed by atoms with van der Waals surface area (Å²) in [4.78, 5) is 0. The minimum absolute atomic E-state index is 0.0545. The smallest absolute Gasteiger partial charge is 0.129 e. The normalized spacial score (nSPS) is 18.4. The van der Waals surface area contributed by atoms with Gasteiger partial charge in [-0.05, 0) is 48.8 Å². The number of hydrogen-bond donors (Lipinski definition) is 0. The van der Waals surface area contributed by atoms with Crippen molar-refractivity contribution >= 4 is 0 Å². The van der Waals surface area contributed by atoms with Gasteiger partial charge in [-0.2, -0.15) is 0 Å². The number of halogens is 1. The molecule has 1 atom stereocenters. The molecule has 0 radical (unpaired) electrons. The molecular formula is C18H27F. The summed E-state index contributed by atoms with van der Waals surface area (Å²) in [5.74, 6) is 0.843. The third kappa shape index (κ3) is 3.81. The lowest BCUT2D eigenvalue weighted by atomic mass is 9.80. The molecule has 0 saturated heterocycles. The maximum atomic E-state index is 14.0. The van der Waals surface area contributed by atoms with E-state index in [4.69, 9.17) is 0 Å². The fourth-order valence-corrected chi connectivity index (χ4v) is 3.28. The van der Waals surface area contributed by atoms with Gasteiger partial charge in [0.15, 0.2) is 0 Å². The lowest BCUT2D eigenvalue weighted by Gasteiger charge is -2.25.